The van der Waals surface area contributed by atoms with Gasteiger partial charge in [-0.15, -0.1) is 0 Å². The molecular formula is C18H31N3. The van der Waals surface area contributed by atoms with Gasteiger partial charge < -0.3 is 10.2 Å². The zero-order chi connectivity index (χ0) is 15.3. The molecular weight excluding hydrogens is 258 g/mol. The van der Waals surface area contributed by atoms with Crippen molar-refractivity contribution in [3.05, 3.63) is 23.9 Å². The molecule has 1 aromatic heterocycles. The number of rotatable bonds is 4. The van der Waals surface area contributed by atoms with Gasteiger partial charge in [-0.3, -0.25) is 0 Å². The molecule has 0 aromatic carbocycles. The molecule has 3 heteroatoms. The number of hydrogen-bond donors (Lipinski definition) is 1. The predicted molar refractivity (Wildman–Crippen MR) is 90.7 cm³/mol. The lowest BCUT2D eigenvalue weighted by Crippen LogP contribution is -2.36. The third kappa shape index (κ3) is 4.99. The lowest BCUT2D eigenvalue weighted by Gasteiger charge is -2.31. The molecule has 1 fully saturated rings. The van der Waals surface area contributed by atoms with Gasteiger partial charge in [0.05, 0.1) is 5.69 Å². The first-order valence-electron chi connectivity index (χ1n) is 8.47. The maximum Gasteiger partial charge on any atom is 0.129 e. The number of aromatic nitrogens is 1. The molecule has 0 saturated carbocycles. The fraction of sp³-hybridized carbons (Fsp3) is 0.722. The minimum atomic E-state index is 0.131. The van der Waals surface area contributed by atoms with Gasteiger partial charge in [-0.05, 0) is 52.2 Å². The zero-order valence-corrected chi connectivity index (χ0v) is 14.2. The highest BCUT2D eigenvalue weighted by atomic mass is 15.2. The monoisotopic (exact) mass is 289 g/mol. The SMILES string of the molecule is CCC1CCCCCN1c1cccc(CNC(C)(C)C)n1. The Labute approximate surface area is 130 Å². The molecule has 1 saturated heterocycles. The molecule has 118 valence electrons. The number of anilines is 1. The molecule has 2 rings (SSSR count). The first-order chi connectivity index (χ1) is 9.99. The van der Waals surface area contributed by atoms with E-state index in [9.17, 15) is 0 Å². The van der Waals surface area contributed by atoms with Crippen molar-refractivity contribution in [2.24, 2.45) is 0 Å². The van der Waals surface area contributed by atoms with E-state index in [4.69, 9.17) is 4.98 Å². The predicted octanol–water partition coefficient (Wildman–Crippen LogP) is 4.13. The second-order valence-corrected chi connectivity index (χ2v) is 7.20. The molecule has 0 bridgehead atoms. The Morgan fingerprint density at radius 3 is 2.76 bits per heavy atom. The molecule has 1 aliphatic rings. The summed E-state index contributed by atoms with van der Waals surface area (Å²) >= 11 is 0. The number of hydrogen-bond acceptors (Lipinski definition) is 3. The average molecular weight is 289 g/mol. The van der Waals surface area contributed by atoms with E-state index >= 15 is 0 Å². The van der Waals surface area contributed by atoms with Gasteiger partial charge in [-0.2, -0.15) is 0 Å². The van der Waals surface area contributed by atoms with Crippen molar-refractivity contribution in [3.8, 4) is 0 Å². The first-order valence-corrected chi connectivity index (χ1v) is 8.47. The third-order valence-corrected chi connectivity index (χ3v) is 4.23. The number of pyridine rings is 1. The molecule has 1 N–H and O–H groups in total. The van der Waals surface area contributed by atoms with E-state index in [1.807, 2.05) is 0 Å². The Bertz CT molecular complexity index is 436. The van der Waals surface area contributed by atoms with Crippen LogP contribution in [0.15, 0.2) is 18.2 Å². The van der Waals surface area contributed by atoms with E-state index < -0.39 is 0 Å². The van der Waals surface area contributed by atoms with Crippen molar-refractivity contribution < 1.29 is 0 Å². The largest absolute Gasteiger partial charge is 0.354 e. The van der Waals surface area contributed by atoms with Crippen molar-refractivity contribution in [1.82, 2.24) is 10.3 Å². The molecule has 1 aliphatic heterocycles. The van der Waals surface area contributed by atoms with Crippen LogP contribution in [0.5, 0.6) is 0 Å². The van der Waals surface area contributed by atoms with E-state index in [-0.39, 0.29) is 5.54 Å². The van der Waals surface area contributed by atoms with Gasteiger partial charge in [0.1, 0.15) is 5.82 Å². The average Bonchev–Trinajstić information content (AvgIpc) is 2.70. The second kappa shape index (κ2) is 7.26. The van der Waals surface area contributed by atoms with Crippen LogP contribution >= 0.6 is 0 Å². The number of nitrogens with zero attached hydrogens (tertiary/aromatic N) is 2. The third-order valence-electron chi connectivity index (χ3n) is 4.23. The Balaban J connectivity index is 2.11. The summed E-state index contributed by atoms with van der Waals surface area (Å²) in [5, 5.41) is 3.52. The summed E-state index contributed by atoms with van der Waals surface area (Å²) in [6, 6.07) is 7.11. The lowest BCUT2D eigenvalue weighted by molar-refractivity contribution is 0.421. The van der Waals surface area contributed by atoms with Crippen molar-refractivity contribution in [2.45, 2.75) is 77.9 Å². The van der Waals surface area contributed by atoms with Crippen LogP contribution in [0.2, 0.25) is 0 Å². The summed E-state index contributed by atoms with van der Waals surface area (Å²) < 4.78 is 0. The second-order valence-electron chi connectivity index (χ2n) is 7.20. The fourth-order valence-corrected chi connectivity index (χ4v) is 2.98. The highest BCUT2D eigenvalue weighted by Crippen LogP contribution is 2.24. The van der Waals surface area contributed by atoms with E-state index in [0.29, 0.717) is 6.04 Å². The summed E-state index contributed by atoms with van der Waals surface area (Å²) in [4.78, 5) is 7.44. The minimum Gasteiger partial charge on any atom is -0.354 e. The Hall–Kier alpha value is -1.09. The lowest BCUT2D eigenvalue weighted by atomic mass is 10.1. The van der Waals surface area contributed by atoms with Crippen LogP contribution < -0.4 is 10.2 Å². The van der Waals surface area contributed by atoms with Crippen LogP contribution in [0.1, 0.15) is 65.5 Å². The minimum absolute atomic E-state index is 0.131. The van der Waals surface area contributed by atoms with Crippen molar-refractivity contribution in [1.29, 1.82) is 0 Å². The zero-order valence-electron chi connectivity index (χ0n) is 14.2. The van der Waals surface area contributed by atoms with Gasteiger partial charge in [0.15, 0.2) is 0 Å². The van der Waals surface area contributed by atoms with Crippen molar-refractivity contribution >= 4 is 5.82 Å². The molecule has 1 aromatic rings. The van der Waals surface area contributed by atoms with Crippen LogP contribution in [0.25, 0.3) is 0 Å². The van der Waals surface area contributed by atoms with Gasteiger partial charge in [0.2, 0.25) is 0 Å². The molecule has 1 atom stereocenters. The van der Waals surface area contributed by atoms with Crippen LogP contribution in [-0.4, -0.2) is 23.1 Å². The van der Waals surface area contributed by atoms with Gasteiger partial charge in [0.25, 0.3) is 0 Å². The summed E-state index contributed by atoms with van der Waals surface area (Å²) in [6.07, 6.45) is 6.54. The first kappa shape index (κ1) is 16.3. The molecule has 1 unspecified atom stereocenters. The molecule has 21 heavy (non-hydrogen) atoms. The van der Waals surface area contributed by atoms with Crippen molar-refractivity contribution in [3.63, 3.8) is 0 Å². The summed E-state index contributed by atoms with van der Waals surface area (Å²) in [6.45, 7) is 10.9. The molecule has 0 spiro atoms. The van der Waals surface area contributed by atoms with E-state index in [0.717, 1.165) is 24.6 Å². The molecule has 0 amide bonds. The van der Waals surface area contributed by atoms with Crippen LogP contribution in [0.3, 0.4) is 0 Å². The van der Waals surface area contributed by atoms with Crippen molar-refractivity contribution in [2.75, 3.05) is 11.4 Å². The van der Waals surface area contributed by atoms with Gasteiger partial charge >= 0.3 is 0 Å². The van der Waals surface area contributed by atoms with Crippen LogP contribution in [0, 0.1) is 0 Å². The molecule has 2 heterocycles. The molecule has 0 aliphatic carbocycles. The maximum absolute atomic E-state index is 4.90. The van der Waals surface area contributed by atoms with E-state index in [2.05, 4.69) is 56.1 Å². The highest BCUT2D eigenvalue weighted by molar-refractivity contribution is 5.40. The molecule has 0 radical (unpaired) electrons. The van der Waals surface area contributed by atoms with Gasteiger partial charge in [-0.1, -0.05) is 25.8 Å². The van der Waals surface area contributed by atoms with Gasteiger partial charge in [-0.25, -0.2) is 4.98 Å². The summed E-state index contributed by atoms with van der Waals surface area (Å²) in [5.74, 6) is 1.16. The standard InChI is InChI=1S/C18H31N3/c1-5-16-11-7-6-8-13-21(16)17-12-9-10-15(20-17)14-19-18(2,3)4/h9-10,12,16,19H,5-8,11,13-14H2,1-4H3. The van der Waals surface area contributed by atoms with Crippen LogP contribution in [-0.2, 0) is 6.54 Å². The smallest absolute Gasteiger partial charge is 0.129 e. The van der Waals surface area contributed by atoms with Gasteiger partial charge in [0, 0.05) is 24.7 Å². The Morgan fingerprint density at radius 1 is 1.24 bits per heavy atom. The maximum atomic E-state index is 4.90. The highest BCUT2D eigenvalue weighted by Gasteiger charge is 2.20. The number of nitrogens with one attached hydrogen (secondary N) is 1. The van der Waals surface area contributed by atoms with E-state index in [1.54, 1.807) is 0 Å². The summed E-state index contributed by atoms with van der Waals surface area (Å²) in [7, 11) is 0. The quantitative estimate of drug-likeness (QED) is 0.903. The Kier molecular flexibility index (Phi) is 5.63. The molecule has 3 nitrogen and oxygen atoms in total. The normalized spacial score (nSPS) is 20.4. The topological polar surface area (TPSA) is 28.2 Å². The van der Waals surface area contributed by atoms with Crippen LogP contribution in [0.4, 0.5) is 5.82 Å². The van der Waals surface area contributed by atoms with E-state index in [1.165, 1.54) is 32.1 Å². The fourth-order valence-electron chi connectivity index (χ4n) is 2.98. The summed E-state index contributed by atoms with van der Waals surface area (Å²) in [5.41, 5.74) is 1.27. The Morgan fingerprint density at radius 2 is 2.05 bits per heavy atom.